The molecule has 1 amide bonds. The van der Waals surface area contributed by atoms with E-state index in [1.165, 1.54) is 0 Å². The molecule has 3 nitrogen and oxygen atoms in total. The van der Waals surface area contributed by atoms with Crippen LogP contribution in [-0.4, -0.2) is 23.5 Å². The van der Waals surface area contributed by atoms with E-state index in [0.717, 1.165) is 5.56 Å². The molecule has 0 aliphatic heterocycles. The molecule has 0 radical (unpaired) electrons. The van der Waals surface area contributed by atoms with Crippen LogP contribution >= 0.6 is 0 Å². The SMILES string of the molecule is [2H]c1ccc(OC)cc1CN(C(=O)C(=C)C)C(C)(C)C. The second kappa shape index (κ2) is 5.91. The molecule has 0 unspecified atom stereocenters. The van der Waals surface area contributed by atoms with Crippen molar-refractivity contribution in [3.05, 3.63) is 42.0 Å². The zero-order valence-electron chi connectivity index (χ0n) is 13.4. The molecule has 0 heterocycles. The van der Waals surface area contributed by atoms with Crippen molar-refractivity contribution < 1.29 is 10.9 Å². The highest BCUT2D eigenvalue weighted by Gasteiger charge is 2.26. The minimum absolute atomic E-state index is 0.0975. The van der Waals surface area contributed by atoms with Crippen LogP contribution in [0.3, 0.4) is 0 Å². The molecular formula is C16H23NO2. The van der Waals surface area contributed by atoms with E-state index in [0.29, 0.717) is 23.9 Å². The lowest BCUT2D eigenvalue weighted by molar-refractivity contribution is -0.132. The molecule has 0 atom stereocenters. The van der Waals surface area contributed by atoms with Crippen molar-refractivity contribution in [3.63, 3.8) is 0 Å². The molecule has 0 bridgehead atoms. The normalized spacial score (nSPS) is 11.7. The zero-order chi connectivity index (χ0) is 15.5. The Morgan fingerprint density at radius 3 is 2.63 bits per heavy atom. The van der Waals surface area contributed by atoms with E-state index >= 15 is 0 Å². The summed E-state index contributed by atoms with van der Waals surface area (Å²) in [5.74, 6) is 0.590. The molecule has 0 spiro atoms. The van der Waals surface area contributed by atoms with Crippen LogP contribution in [-0.2, 0) is 11.3 Å². The number of rotatable bonds is 4. The Morgan fingerprint density at radius 1 is 1.53 bits per heavy atom. The highest BCUT2D eigenvalue weighted by molar-refractivity contribution is 5.92. The Kier molecular flexibility index (Phi) is 4.25. The van der Waals surface area contributed by atoms with Crippen LogP contribution in [0.15, 0.2) is 36.4 Å². The van der Waals surface area contributed by atoms with Crippen LogP contribution in [0, 0.1) is 0 Å². The van der Waals surface area contributed by atoms with E-state index in [2.05, 4.69) is 6.58 Å². The first-order valence-electron chi connectivity index (χ1n) is 6.78. The number of carbonyl (C=O) groups is 1. The second-order valence-corrected chi connectivity index (χ2v) is 5.60. The Bertz CT molecular complexity index is 518. The Hall–Kier alpha value is -1.77. The van der Waals surface area contributed by atoms with Crippen LogP contribution in [0.5, 0.6) is 5.75 Å². The van der Waals surface area contributed by atoms with Gasteiger partial charge in [0.2, 0.25) is 5.91 Å². The maximum Gasteiger partial charge on any atom is 0.249 e. The topological polar surface area (TPSA) is 29.5 Å². The van der Waals surface area contributed by atoms with Gasteiger partial charge in [-0.3, -0.25) is 4.79 Å². The lowest BCUT2D eigenvalue weighted by Crippen LogP contribution is -2.45. The van der Waals surface area contributed by atoms with E-state index < -0.39 is 0 Å². The van der Waals surface area contributed by atoms with Gasteiger partial charge in [-0.15, -0.1) is 0 Å². The summed E-state index contributed by atoms with van der Waals surface area (Å²) in [4.78, 5) is 14.0. The fraction of sp³-hybridized carbons (Fsp3) is 0.438. The summed E-state index contributed by atoms with van der Waals surface area (Å²) in [6.07, 6.45) is 0. The molecule has 104 valence electrons. The quantitative estimate of drug-likeness (QED) is 0.778. The minimum atomic E-state index is -0.342. The molecule has 0 aliphatic rings. The number of nitrogens with zero attached hydrogens (tertiary/aromatic N) is 1. The summed E-state index contributed by atoms with van der Waals surface area (Å²) in [6.45, 7) is 11.7. The fourth-order valence-corrected chi connectivity index (χ4v) is 1.72. The lowest BCUT2D eigenvalue weighted by Gasteiger charge is -2.36. The first kappa shape index (κ1) is 13.7. The summed E-state index contributed by atoms with van der Waals surface area (Å²) in [7, 11) is 1.59. The predicted molar refractivity (Wildman–Crippen MR) is 78.1 cm³/mol. The summed E-state index contributed by atoms with van der Waals surface area (Å²) < 4.78 is 13.2. The van der Waals surface area contributed by atoms with Gasteiger partial charge in [0.05, 0.1) is 8.48 Å². The van der Waals surface area contributed by atoms with Gasteiger partial charge in [-0.2, -0.15) is 0 Å². The molecule has 0 saturated heterocycles. The standard InChI is InChI=1S/C16H23NO2/c1-12(2)15(18)17(16(3,4)5)11-13-8-7-9-14(10-13)19-6/h7-10H,1,11H2,2-6H3/i8D. The summed E-state index contributed by atoms with van der Waals surface area (Å²) in [6, 6.07) is 5.62. The van der Waals surface area contributed by atoms with Crippen LogP contribution < -0.4 is 4.74 Å². The number of hydrogen-bond donors (Lipinski definition) is 0. The Balaban J connectivity index is 3.13. The Morgan fingerprint density at radius 2 is 2.16 bits per heavy atom. The molecule has 0 aromatic heterocycles. The average molecular weight is 262 g/mol. The van der Waals surface area contributed by atoms with Gasteiger partial charge in [0.25, 0.3) is 0 Å². The smallest absolute Gasteiger partial charge is 0.249 e. The number of ether oxygens (including phenoxy) is 1. The molecule has 0 N–H and O–H groups in total. The van der Waals surface area contributed by atoms with E-state index in [9.17, 15) is 4.79 Å². The maximum absolute atomic E-state index is 12.3. The number of methoxy groups -OCH3 is 1. The molecule has 0 aliphatic carbocycles. The first-order chi connectivity index (χ1) is 9.16. The van der Waals surface area contributed by atoms with Crippen LogP contribution in [0.1, 0.15) is 34.6 Å². The van der Waals surface area contributed by atoms with E-state index in [-0.39, 0.29) is 11.4 Å². The molecule has 0 saturated carbocycles. The van der Waals surface area contributed by atoms with Crippen LogP contribution in [0.25, 0.3) is 0 Å². The molecule has 3 heteroatoms. The van der Waals surface area contributed by atoms with E-state index in [1.54, 1.807) is 37.1 Å². The van der Waals surface area contributed by atoms with Crippen molar-refractivity contribution in [1.29, 1.82) is 0 Å². The number of amides is 1. The largest absolute Gasteiger partial charge is 0.497 e. The molecule has 1 aromatic carbocycles. The summed E-state index contributed by atoms with van der Waals surface area (Å²) in [5.41, 5.74) is 0.911. The highest BCUT2D eigenvalue weighted by atomic mass is 16.5. The molecule has 1 aromatic rings. The van der Waals surface area contributed by atoms with Crippen molar-refractivity contribution in [2.45, 2.75) is 39.8 Å². The average Bonchev–Trinajstić information content (AvgIpc) is 2.35. The van der Waals surface area contributed by atoms with Crippen molar-refractivity contribution >= 4 is 5.91 Å². The van der Waals surface area contributed by atoms with Gasteiger partial charge >= 0.3 is 0 Å². The number of benzene rings is 1. The van der Waals surface area contributed by atoms with Gasteiger partial charge in [-0.25, -0.2) is 0 Å². The van der Waals surface area contributed by atoms with Gasteiger partial charge < -0.3 is 9.64 Å². The number of carbonyl (C=O) groups excluding carboxylic acids is 1. The lowest BCUT2D eigenvalue weighted by atomic mass is 10.0. The van der Waals surface area contributed by atoms with E-state index in [1.807, 2.05) is 20.8 Å². The third kappa shape index (κ3) is 4.12. The monoisotopic (exact) mass is 262 g/mol. The van der Waals surface area contributed by atoms with Gasteiger partial charge in [0, 0.05) is 17.7 Å². The predicted octanol–water partition coefficient (Wildman–Crippen LogP) is 3.40. The molecule has 0 fully saturated rings. The molecule has 19 heavy (non-hydrogen) atoms. The minimum Gasteiger partial charge on any atom is -0.497 e. The van der Waals surface area contributed by atoms with Crippen molar-refractivity contribution in [2.75, 3.05) is 7.11 Å². The summed E-state index contributed by atoms with van der Waals surface area (Å²) in [5, 5.41) is 0. The fourth-order valence-electron chi connectivity index (χ4n) is 1.72. The third-order valence-corrected chi connectivity index (χ3v) is 2.82. The van der Waals surface area contributed by atoms with Crippen molar-refractivity contribution in [1.82, 2.24) is 4.90 Å². The maximum atomic E-state index is 12.3. The zero-order valence-corrected chi connectivity index (χ0v) is 12.4. The summed E-state index contributed by atoms with van der Waals surface area (Å²) >= 11 is 0. The molecular weight excluding hydrogens is 238 g/mol. The second-order valence-electron chi connectivity index (χ2n) is 5.60. The van der Waals surface area contributed by atoms with Gasteiger partial charge in [-0.05, 0) is 45.4 Å². The van der Waals surface area contributed by atoms with Gasteiger partial charge in [0.1, 0.15) is 5.75 Å². The number of hydrogen-bond acceptors (Lipinski definition) is 2. The third-order valence-electron chi connectivity index (χ3n) is 2.82. The first-order valence-corrected chi connectivity index (χ1v) is 6.28. The van der Waals surface area contributed by atoms with Gasteiger partial charge in [0.15, 0.2) is 0 Å². The van der Waals surface area contributed by atoms with Gasteiger partial charge in [-0.1, -0.05) is 18.7 Å². The van der Waals surface area contributed by atoms with E-state index in [4.69, 9.17) is 6.11 Å². The Labute approximate surface area is 117 Å². The van der Waals surface area contributed by atoms with Crippen LogP contribution in [0.4, 0.5) is 0 Å². The van der Waals surface area contributed by atoms with Crippen LogP contribution in [0.2, 0.25) is 0 Å². The van der Waals surface area contributed by atoms with Crippen molar-refractivity contribution in [3.8, 4) is 5.75 Å². The highest BCUT2D eigenvalue weighted by Crippen LogP contribution is 2.21. The van der Waals surface area contributed by atoms with Crippen molar-refractivity contribution in [2.24, 2.45) is 0 Å². The molecule has 1 rings (SSSR count).